The zero-order chi connectivity index (χ0) is 13.1. The second-order valence-electron chi connectivity index (χ2n) is 5.43. The van der Waals surface area contributed by atoms with Gasteiger partial charge in [-0.2, -0.15) is 0 Å². The summed E-state index contributed by atoms with van der Waals surface area (Å²) in [5.41, 5.74) is 0.703. The van der Waals surface area contributed by atoms with E-state index in [1.807, 2.05) is 4.68 Å². The molecule has 1 aromatic rings. The first kappa shape index (κ1) is 12.9. The van der Waals surface area contributed by atoms with Crippen LogP contribution in [0.15, 0.2) is 4.52 Å². The van der Waals surface area contributed by atoms with Crippen molar-refractivity contribution in [1.29, 1.82) is 0 Å². The molecule has 0 spiro atoms. The van der Waals surface area contributed by atoms with Crippen molar-refractivity contribution in [3.8, 4) is 5.95 Å². The molecule has 0 radical (unpaired) electrons. The van der Waals surface area contributed by atoms with Crippen molar-refractivity contribution in [2.75, 3.05) is 26.3 Å². The molecule has 0 atom stereocenters. The fraction of sp³-hybridized carbons (Fsp3) is 0.846. The molecule has 1 saturated carbocycles. The van der Waals surface area contributed by atoms with Crippen molar-refractivity contribution >= 4 is 0 Å². The molecule has 0 N–H and O–H groups in total. The van der Waals surface area contributed by atoms with Crippen molar-refractivity contribution in [3.63, 3.8) is 0 Å². The van der Waals surface area contributed by atoms with Crippen LogP contribution < -0.4 is 9.79 Å². The number of rotatable bonds is 3. The van der Waals surface area contributed by atoms with Crippen LogP contribution in [0.3, 0.4) is 0 Å². The number of hydrogen-bond acceptors (Lipinski definition) is 5. The predicted molar refractivity (Wildman–Crippen MR) is 64.4 cm³/mol. The van der Waals surface area contributed by atoms with E-state index in [1.54, 1.807) is 0 Å². The lowest BCUT2D eigenvalue weighted by molar-refractivity contribution is -0.793. The highest BCUT2D eigenvalue weighted by Crippen LogP contribution is 2.25. The van der Waals surface area contributed by atoms with E-state index in [1.165, 1.54) is 19.3 Å². The highest BCUT2D eigenvalue weighted by molar-refractivity contribution is 5.03. The second kappa shape index (κ2) is 5.88. The van der Waals surface area contributed by atoms with Gasteiger partial charge in [0.15, 0.2) is 12.0 Å². The molecular weight excluding hydrogens is 246 g/mol. The molecule has 0 amide bonds. The first-order valence-electron chi connectivity index (χ1n) is 7.22. The maximum atomic E-state index is 11.8. The van der Waals surface area contributed by atoms with Crippen LogP contribution >= 0.6 is 0 Å². The SMILES string of the molecule is [O-]c1on[n+](C2CCCCC2)c1CN1CCOCC1. The summed E-state index contributed by atoms with van der Waals surface area (Å²) < 4.78 is 12.1. The highest BCUT2D eigenvalue weighted by atomic mass is 16.6. The molecule has 6 heteroatoms. The van der Waals surface area contributed by atoms with E-state index in [0.717, 1.165) is 39.1 Å². The van der Waals surface area contributed by atoms with Gasteiger partial charge in [0.05, 0.1) is 25.0 Å². The van der Waals surface area contributed by atoms with Gasteiger partial charge in [0.1, 0.15) is 0 Å². The van der Waals surface area contributed by atoms with Crippen LogP contribution in [-0.4, -0.2) is 36.5 Å². The van der Waals surface area contributed by atoms with Crippen molar-refractivity contribution in [3.05, 3.63) is 5.69 Å². The lowest BCUT2D eigenvalue weighted by Crippen LogP contribution is -2.48. The van der Waals surface area contributed by atoms with E-state index in [2.05, 4.69) is 10.2 Å². The molecule has 1 aliphatic carbocycles. The quantitative estimate of drug-likeness (QED) is 0.740. The van der Waals surface area contributed by atoms with Crippen LogP contribution in [0, 0.1) is 0 Å². The molecule has 2 aliphatic rings. The van der Waals surface area contributed by atoms with Crippen LogP contribution in [0.2, 0.25) is 0 Å². The van der Waals surface area contributed by atoms with Gasteiger partial charge in [-0.05, 0) is 12.8 Å². The van der Waals surface area contributed by atoms with Crippen LogP contribution in [0.5, 0.6) is 5.95 Å². The average molecular weight is 267 g/mol. The maximum Gasteiger partial charge on any atom is 0.247 e. The molecule has 2 heterocycles. The van der Waals surface area contributed by atoms with Gasteiger partial charge in [0, 0.05) is 25.9 Å². The minimum Gasteiger partial charge on any atom is -0.539 e. The molecular formula is C13H21N3O3. The minimum absolute atomic E-state index is 0.280. The fourth-order valence-corrected chi connectivity index (χ4v) is 3.00. The van der Waals surface area contributed by atoms with Gasteiger partial charge in [0.25, 0.3) is 0 Å². The number of nitrogens with zero attached hydrogens (tertiary/aromatic N) is 3. The Morgan fingerprint density at radius 2 is 1.95 bits per heavy atom. The summed E-state index contributed by atoms with van der Waals surface area (Å²) in [6.45, 7) is 3.85. The van der Waals surface area contributed by atoms with Crippen LogP contribution in [0.1, 0.15) is 43.8 Å². The van der Waals surface area contributed by atoms with Gasteiger partial charge in [-0.25, -0.2) is 0 Å². The lowest BCUT2D eigenvalue weighted by atomic mass is 9.95. The van der Waals surface area contributed by atoms with Gasteiger partial charge < -0.3 is 14.4 Å². The van der Waals surface area contributed by atoms with E-state index in [9.17, 15) is 5.11 Å². The summed E-state index contributed by atoms with van der Waals surface area (Å²) in [7, 11) is 0. The molecule has 3 rings (SSSR count). The monoisotopic (exact) mass is 267 g/mol. The number of ether oxygens (including phenoxy) is 1. The van der Waals surface area contributed by atoms with E-state index < -0.39 is 0 Å². The van der Waals surface area contributed by atoms with Crippen LogP contribution in [-0.2, 0) is 11.3 Å². The molecule has 106 valence electrons. The van der Waals surface area contributed by atoms with Gasteiger partial charge in [-0.1, -0.05) is 11.1 Å². The smallest absolute Gasteiger partial charge is 0.247 e. The zero-order valence-electron chi connectivity index (χ0n) is 11.2. The molecule has 2 fully saturated rings. The molecule has 6 nitrogen and oxygen atoms in total. The van der Waals surface area contributed by atoms with Crippen molar-refractivity contribution in [2.24, 2.45) is 0 Å². The summed E-state index contributed by atoms with van der Waals surface area (Å²) in [6.07, 6.45) is 5.93. The number of morpholine rings is 1. The van der Waals surface area contributed by atoms with Gasteiger partial charge >= 0.3 is 0 Å². The molecule has 1 aromatic heterocycles. The topological polar surface area (TPSA) is 65.4 Å². The van der Waals surface area contributed by atoms with E-state index in [0.29, 0.717) is 18.3 Å². The normalized spacial score (nSPS) is 22.7. The fourth-order valence-electron chi connectivity index (χ4n) is 3.00. The third-order valence-electron chi connectivity index (χ3n) is 4.12. The van der Waals surface area contributed by atoms with Gasteiger partial charge in [0.2, 0.25) is 5.69 Å². The predicted octanol–water partition coefficient (Wildman–Crippen LogP) is 0.373. The summed E-state index contributed by atoms with van der Waals surface area (Å²) in [5, 5.41) is 15.8. The lowest BCUT2D eigenvalue weighted by Gasteiger charge is -2.25. The summed E-state index contributed by atoms with van der Waals surface area (Å²) in [5.74, 6) is -0.280. The first-order valence-corrected chi connectivity index (χ1v) is 7.22. The third-order valence-corrected chi connectivity index (χ3v) is 4.12. The van der Waals surface area contributed by atoms with Crippen LogP contribution in [0.25, 0.3) is 0 Å². The zero-order valence-corrected chi connectivity index (χ0v) is 11.2. The summed E-state index contributed by atoms with van der Waals surface area (Å²) in [4.78, 5) is 2.23. The average Bonchev–Trinajstić information content (AvgIpc) is 2.82. The summed E-state index contributed by atoms with van der Waals surface area (Å²) >= 11 is 0. The summed E-state index contributed by atoms with van der Waals surface area (Å²) in [6, 6.07) is 0.344. The minimum atomic E-state index is -0.280. The van der Waals surface area contributed by atoms with Gasteiger partial charge in [-0.15, -0.1) is 0 Å². The van der Waals surface area contributed by atoms with Crippen molar-refractivity contribution in [2.45, 2.75) is 44.7 Å². The Hall–Kier alpha value is -1.14. The Labute approximate surface area is 112 Å². The molecule has 0 bridgehead atoms. The third kappa shape index (κ3) is 2.90. The Kier molecular flexibility index (Phi) is 3.98. The maximum absolute atomic E-state index is 11.8. The largest absolute Gasteiger partial charge is 0.539 e. The molecule has 1 saturated heterocycles. The Morgan fingerprint density at radius 1 is 1.21 bits per heavy atom. The Balaban J connectivity index is 1.73. The van der Waals surface area contributed by atoms with E-state index in [4.69, 9.17) is 9.26 Å². The number of aromatic nitrogens is 2. The standard InChI is InChI=1S/C13H21N3O3/c17-13-12(10-15-6-8-18-9-7-15)16(14-19-13)11-4-2-1-3-5-11/h11H,1-10H2. The molecule has 1 aliphatic heterocycles. The highest BCUT2D eigenvalue weighted by Gasteiger charge is 2.30. The number of hydrogen-bond donors (Lipinski definition) is 0. The molecule has 19 heavy (non-hydrogen) atoms. The van der Waals surface area contributed by atoms with Crippen molar-refractivity contribution < 1.29 is 19.0 Å². The second-order valence-corrected chi connectivity index (χ2v) is 5.43. The van der Waals surface area contributed by atoms with E-state index >= 15 is 0 Å². The Morgan fingerprint density at radius 3 is 2.68 bits per heavy atom. The molecule has 0 aromatic carbocycles. The van der Waals surface area contributed by atoms with Crippen LogP contribution in [0.4, 0.5) is 0 Å². The first-order chi connectivity index (χ1) is 9.34. The molecule has 0 unspecified atom stereocenters. The Bertz CT molecular complexity index is 409. The van der Waals surface area contributed by atoms with Gasteiger partial charge in [-0.3, -0.25) is 4.90 Å². The van der Waals surface area contributed by atoms with E-state index in [-0.39, 0.29) is 5.95 Å². The van der Waals surface area contributed by atoms with Crippen molar-refractivity contribution in [1.82, 2.24) is 10.2 Å².